The largest absolute Gasteiger partial charge is 0.376 e. The van der Waals surface area contributed by atoms with E-state index < -0.39 is 0 Å². The fourth-order valence-electron chi connectivity index (χ4n) is 3.49. The molecule has 2 heterocycles. The van der Waals surface area contributed by atoms with Gasteiger partial charge in [-0.1, -0.05) is 12.1 Å². The number of ether oxygens (including phenoxy) is 2. The van der Waals surface area contributed by atoms with Crippen LogP contribution in [-0.2, 0) is 20.7 Å². The van der Waals surface area contributed by atoms with Gasteiger partial charge in [0.15, 0.2) is 0 Å². The average Bonchev–Trinajstić information content (AvgIpc) is 3.11. The zero-order valence-electron chi connectivity index (χ0n) is 14.1. The Morgan fingerprint density at radius 1 is 1.21 bits per heavy atom. The van der Waals surface area contributed by atoms with Gasteiger partial charge in [-0.15, -0.1) is 0 Å². The van der Waals surface area contributed by atoms with Crippen LogP contribution in [0.2, 0.25) is 0 Å². The van der Waals surface area contributed by atoms with Gasteiger partial charge >= 0.3 is 0 Å². The van der Waals surface area contributed by atoms with Gasteiger partial charge in [0.25, 0.3) is 0 Å². The lowest BCUT2D eigenvalue weighted by atomic mass is 9.90. The van der Waals surface area contributed by atoms with E-state index in [4.69, 9.17) is 9.47 Å². The molecular formula is C19H26FNO3. The smallest absolute Gasteiger partial charge is 0.248 e. The second-order valence-electron chi connectivity index (χ2n) is 6.80. The number of hydrogen-bond donors (Lipinski definition) is 0. The van der Waals surface area contributed by atoms with Crippen molar-refractivity contribution in [1.82, 2.24) is 4.90 Å². The molecule has 3 rings (SSSR count). The maximum atomic E-state index is 12.9. The minimum absolute atomic E-state index is 0.0771. The lowest BCUT2D eigenvalue weighted by Gasteiger charge is -2.32. The van der Waals surface area contributed by atoms with Crippen molar-refractivity contribution >= 4 is 5.91 Å². The Morgan fingerprint density at radius 3 is 2.62 bits per heavy atom. The molecule has 132 valence electrons. The summed E-state index contributed by atoms with van der Waals surface area (Å²) in [6, 6.07) is 6.73. The molecule has 1 atom stereocenters. The summed E-state index contributed by atoms with van der Waals surface area (Å²) >= 11 is 0. The van der Waals surface area contributed by atoms with E-state index in [1.165, 1.54) is 17.7 Å². The summed E-state index contributed by atoms with van der Waals surface area (Å²) in [5, 5.41) is 0. The highest BCUT2D eigenvalue weighted by Gasteiger charge is 2.23. The van der Waals surface area contributed by atoms with Gasteiger partial charge in [0, 0.05) is 19.7 Å². The van der Waals surface area contributed by atoms with Gasteiger partial charge in [-0.25, -0.2) is 4.39 Å². The van der Waals surface area contributed by atoms with Crippen molar-refractivity contribution < 1.29 is 18.7 Å². The fourth-order valence-corrected chi connectivity index (χ4v) is 3.49. The normalized spacial score (nSPS) is 22.0. The number of carbonyl (C=O) groups is 1. The highest BCUT2D eigenvalue weighted by Crippen LogP contribution is 2.22. The molecule has 2 aliphatic heterocycles. The van der Waals surface area contributed by atoms with E-state index in [1.807, 2.05) is 17.0 Å². The number of amides is 1. The number of hydrogen-bond acceptors (Lipinski definition) is 3. The number of likely N-dealkylation sites (tertiary alicyclic amines) is 1. The van der Waals surface area contributed by atoms with Gasteiger partial charge in [0.1, 0.15) is 12.4 Å². The van der Waals surface area contributed by atoms with E-state index >= 15 is 0 Å². The highest BCUT2D eigenvalue weighted by atomic mass is 19.1. The van der Waals surface area contributed by atoms with Crippen LogP contribution >= 0.6 is 0 Å². The SMILES string of the molecule is O=C(COC[C@@H]1CCCO1)N1CCC(Cc2ccc(F)cc2)CC1. The van der Waals surface area contributed by atoms with Crippen molar-refractivity contribution in [2.24, 2.45) is 5.92 Å². The third-order valence-electron chi connectivity index (χ3n) is 4.96. The molecule has 2 fully saturated rings. The molecule has 24 heavy (non-hydrogen) atoms. The number of halogens is 1. The lowest BCUT2D eigenvalue weighted by Crippen LogP contribution is -2.41. The summed E-state index contributed by atoms with van der Waals surface area (Å²) in [6.07, 6.45) is 5.23. The van der Waals surface area contributed by atoms with Crippen LogP contribution in [0.4, 0.5) is 4.39 Å². The zero-order chi connectivity index (χ0) is 16.8. The van der Waals surface area contributed by atoms with Crippen LogP contribution in [0.25, 0.3) is 0 Å². The van der Waals surface area contributed by atoms with Gasteiger partial charge in [-0.2, -0.15) is 0 Å². The molecule has 1 aromatic carbocycles. The minimum Gasteiger partial charge on any atom is -0.376 e. The molecule has 1 aromatic rings. The number of piperidine rings is 1. The van der Waals surface area contributed by atoms with E-state index in [1.54, 1.807) is 0 Å². The molecule has 1 amide bonds. The maximum absolute atomic E-state index is 12.9. The Bertz CT molecular complexity index is 520. The summed E-state index contributed by atoms with van der Waals surface area (Å²) < 4.78 is 23.9. The van der Waals surface area contributed by atoms with Crippen LogP contribution in [0, 0.1) is 11.7 Å². The van der Waals surface area contributed by atoms with Crippen LogP contribution in [0.3, 0.4) is 0 Å². The molecule has 0 radical (unpaired) electrons. The van der Waals surface area contributed by atoms with Crippen LogP contribution in [0.5, 0.6) is 0 Å². The molecule has 0 saturated carbocycles. The lowest BCUT2D eigenvalue weighted by molar-refractivity contribution is -0.138. The quantitative estimate of drug-likeness (QED) is 0.802. The molecule has 0 spiro atoms. The second kappa shape index (κ2) is 8.58. The standard InChI is InChI=1S/C19H26FNO3/c20-17-5-3-15(4-6-17)12-16-7-9-21(10-8-16)19(22)14-23-13-18-2-1-11-24-18/h3-6,16,18H,1-2,7-14H2/t18-/m0/s1. The van der Waals surface area contributed by atoms with Crippen molar-refractivity contribution in [3.8, 4) is 0 Å². The van der Waals surface area contributed by atoms with Gasteiger partial charge in [0.2, 0.25) is 5.91 Å². The highest BCUT2D eigenvalue weighted by molar-refractivity contribution is 5.77. The third-order valence-corrected chi connectivity index (χ3v) is 4.96. The monoisotopic (exact) mass is 335 g/mol. The molecule has 4 nitrogen and oxygen atoms in total. The van der Waals surface area contributed by atoms with E-state index in [0.29, 0.717) is 12.5 Å². The van der Waals surface area contributed by atoms with Crippen molar-refractivity contribution in [3.63, 3.8) is 0 Å². The third kappa shape index (κ3) is 5.02. The molecular weight excluding hydrogens is 309 g/mol. The predicted octanol–water partition coefficient (Wildman–Crippen LogP) is 2.80. The van der Waals surface area contributed by atoms with Crippen LogP contribution in [-0.4, -0.2) is 49.8 Å². The molecule has 0 aliphatic carbocycles. The van der Waals surface area contributed by atoms with Crippen LogP contribution < -0.4 is 0 Å². The first kappa shape index (κ1) is 17.4. The van der Waals surface area contributed by atoms with Crippen LogP contribution in [0.1, 0.15) is 31.2 Å². The molecule has 5 heteroatoms. The van der Waals surface area contributed by atoms with Gasteiger partial charge in [0.05, 0.1) is 12.7 Å². The Hall–Kier alpha value is -1.46. The van der Waals surface area contributed by atoms with E-state index in [-0.39, 0.29) is 24.4 Å². The molecule has 2 aliphatic rings. The Balaban J connectivity index is 1.34. The Morgan fingerprint density at radius 2 is 1.96 bits per heavy atom. The van der Waals surface area contributed by atoms with Gasteiger partial charge < -0.3 is 14.4 Å². The molecule has 0 unspecified atom stereocenters. The first-order valence-electron chi connectivity index (χ1n) is 8.92. The Labute approximate surface area is 142 Å². The summed E-state index contributed by atoms with van der Waals surface area (Å²) in [7, 11) is 0. The van der Waals surface area contributed by atoms with Gasteiger partial charge in [-0.05, 0) is 55.7 Å². The average molecular weight is 335 g/mol. The zero-order valence-corrected chi connectivity index (χ0v) is 14.1. The summed E-state index contributed by atoms with van der Waals surface area (Å²) in [5.41, 5.74) is 1.17. The molecule has 0 bridgehead atoms. The molecule has 2 saturated heterocycles. The number of nitrogens with zero attached hydrogens (tertiary/aromatic N) is 1. The summed E-state index contributed by atoms with van der Waals surface area (Å²) in [6.45, 7) is 3.06. The number of benzene rings is 1. The fraction of sp³-hybridized carbons (Fsp3) is 0.632. The minimum atomic E-state index is -0.192. The maximum Gasteiger partial charge on any atom is 0.248 e. The van der Waals surface area contributed by atoms with Crippen molar-refractivity contribution in [1.29, 1.82) is 0 Å². The first-order chi connectivity index (χ1) is 11.7. The Kier molecular flexibility index (Phi) is 6.21. The van der Waals surface area contributed by atoms with E-state index in [2.05, 4.69) is 0 Å². The van der Waals surface area contributed by atoms with Crippen molar-refractivity contribution in [2.75, 3.05) is 32.9 Å². The predicted molar refractivity (Wildman–Crippen MR) is 89.2 cm³/mol. The van der Waals surface area contributed by atoms with Gasteiger partial charge in [-0.3, -0.25) is 4.79 Å². The first-order valence-corrected chi connectivity index (χ1v) is 8.92. The summed E-state index contributed by atoms with van der Waals surface area (Å²) in [4.78, 5) is 14.1. The topological polar surface area (TPSA) is 38.8 Å². The molecule has 0 N–H and O–H groups in total. The van der Waals surface area contributed by atoms with Crippen LogP contribution in [0.15, 0.2) is 24.3 Å². The number of carbonyl (C=O) groups excluding carboxylic acids is 1. The molecule has 0 aromatic heterocycles. The number of rotatable bonds is 6. The van der Waals surface area contributed by atoms with Crippen molar-refractivity contribution in [2.45, 2.75) is 38.2 Å². The van der Waals surface area contributed by atoms with E-state index in [9.17, 15) is 9.18 Å². The van der Waals surface area contributed by atoms with Crippen molar-refractivity contribution in [3.05, 3.63) is 35.6 Å². The second-order valence-corrected chi connectivity index (χ2v) is 6.80. The van der Waals surface area contributed by atoms with E-state index in [0.717, 1.165) is 51.8 Å². The summed E-state index contributed by atoms with van der Waals surface area (Å²) in [5.74, 6) is 0.447.